The van der Waals surface area contributed by atoms with E-state index in [4.69, 9.17) is 15.2 Å². The molecule has 4 heteroatoms. The van der Waals surface area contributed by atoms with Crippen molar-refractivity contribution >= 4 is 11.8 Å². The van der Waals surface area contributed by atoms with E-state index < -0.39 is 0 Å². The lowest BCUT2D eigenvalue weighted by atomic mass is 10.0. The molecular formula is C16H27NO2S. The molecule has 0 aliphatic carbocycles. The smallest absolute Gasteiger partial charge is 0.164 e. The maximum atomic E-state index is 6.07. The first-order chi connectivity index (χ1) is 9.72. The van der Waals surface area contributed by atoms with Gasteiger partial charge >= 0.3 is 0 Å². The average molecular weight is 297 g/mol. The monoisotopic (exact) mass is 297 g/mol. The van der Waals surface area contributed by atoms with Gasteiger partial charge in [-0.15, -0.1) is 0 Å². The van der Waals surface area contributed by atoms with E-state index in [-0.39, 0.29) is 6.04 Å². The number of hydrogen-bond donors (Lipinski definition) is 1. The molecule has 1 rings (SSSR count). The third-order valence-corrected chi connectivity index (χ3v) is 3.80. The summed E-state index contributed by atoms with van der Waals surface area (Å²) in [5.41, 5.74) is 7.22. The van der Waals surface area contributed by atoms with Crippen molar-refractivity contribution in [1.29, 1.82) is 0 Å². The van der Waals surface area contributed by atoms with Gasteiger partial charge in [-0.2, -0.15) is 11.8 Å². The van der Waals surface area contributed by atoms with Crippen molar-refractivity contribution in [3.05, 3.63) is 23.8 Å². The Balaban J connectivity index is 2.82. The first-order valence-electron chi connectivity index (χ1n) is 7.34. The van der Waals surface area contributed by atoms with Crippen molar-refractivity contribution in [1.82, 2.24) is 0 Å². The van der Waals surface area contributed by atoms with Crippen LogP contribution in [0.3, 0.4) is 0 Å². The molecule has 0 saturated heterocycles. The first-order valence-corrected chi connectivity index (χ1v) is 8.74. The fraction of sp³-hybridized carbons (Fsp3) is 0.625. The average Bonchev–Trinajstić information content (AvgIpc) is 2.46. The Kier molecular flexibility index (Phi) is 8.54. The van der Waals surface area contributed by atoms with Gasteiger partial charge in [0, 0.05) is 6.04 Å². The summed E-state index contributed by atoms with van der Waals surface area (Å²) in [6.07, 6.45) is 4.95. The minimum absolute atomic E-state index is 0.167. The van der Waals surface area contributed by atoms with Crippen molar-refractivity contribution in [2.75, 3.05) is 25.2 Å². The molecule has 0 spiro atoms. The molecule has 114 valence electrons. The van der Waals surface area contributed by atoms with E-state index in [1.54, 1.807) is 0 Å². The second kappa shape index (κ2) is 9.94. The summed E-state index contributed by atoms with van der Waals surface area (Å²) in [6, 6.07) is 6.23. The Bertz CT molecular complexity index is 385. The predicted octanol–water partition coefficient (Wildman–Crippen LogP) is 3.50. The maximum absolute atomic E-state index is 6.07. The molecular weight excluding hydrogens is 270 g/mol. The van der Waals surface area contributed by atoms with Crippen molar-refractivity contribution in [2.24, 2.45) is 5.73 Å². The fourth-order valence-corrected chi connectivity index (χ4v) is 2.37. The van der Waals surface area contributed by atoms with Crippen molar-refractivity contribution in [3.8, 4) is 11.5 Å². The van der Waals surface area contributed by atoms with Gasteiger partial charge in [-0.05, 0) is 49.8 Å². The Labute approximate surface area is 127 Å². The second-order valence-corrected chi connectivity index (χ2v) is 5.73. The molecule has 1 aromatic carbocycles. The topological polar surface area (TPSA) is 44.5 Å². The lowest BCUT2D eigenvalue weighted by Gasteiger charge is -2.17. The van der Waals surface area contributed by atoms with Crippen LogP contribution in [0.2, 0.25) is 0 Å². The van der Waals surface area contributed by atoms with E-state index in [2.05, 4.69) is 19.2 Å². The van der Waals surface area contributed by atoms with Crippen LogP contribution in [-0.2, 0) is 6.42 Å². The zero-order chi connectivity index (χ0) is 14.8. The lowest BCUT2D eigenvalue weighted by molar-refractivity contribution is 0.274. The molecule has 1 unspecified atom stereocenters. The van der Waals surface area contributed by atoms with Crippen molar-refractivity contribution in [2.45, 2.75) is 39.2 Å². The Morgan fingerprint density at radius 2 is 2.05 bits per heavy atom. The minimum atomic E-state index is 0.167. The number of ether oxygens (including phenoxy) is 2. The summed E-state index contributed by atoms with van der Waals surface area (Å²) in [5.74, 6) is 2.82. The zero-order valence-electron chi connectivity index (χ0n) is 12.9. The van der Waals surface area contributed by atoms with Crippen LogP contribution in [0.4, 0.5) is 0 Å². The number of hydrogen-bond acceptors (Lipinski definition) is 4. The third-order valence-electron chi connectivity index (χ3n) is 3.11. The fourth-order valence-electron chi connectivity index (χ4n) is 1.96. The van der Waals surface area contributed by atoms with Crippen LogP contribution in [0.1, 0.15) is 32.3 Å². The number of nitrogens with two attached hydrogens (primary N) is 1. The summed E-state index contributed by atoms with van der Waals surface area (Å²) < 4.78 is 11.7. The molecule has 0 heterocycles. The summed E-state index contributed by atoms with van der Waals surface area (Å²) in [4.78, 5) is 0. The number of para-hydroxylation sites is 1. The van der Waals surface area contributed by atoms with E-state index in [0.717, 1.165) is 48.7 Å². The molecule has 0 saturated carbocycles. The largest absolute Gasteiger partial charge is 0.490 e. The minimum Gasteiger partial charge on any atom is -0.490 e. The van der Waals surface area contributed by atoms with E-state index in [1.807, 2.05) is 30.8 Å². The molecule has 0 aromatic heterocycles. The van der Waals surface area contributed by atoms with Gasteiger partial charge in [0.1, 0.15) is 0 Å². The molecule has 0 aliphatic rings. The second-order valence-electron chi connectivity index (χ2n) is 4.74. The van der Waals surface area contributed by atoms with Crippen LogP contribution in [0.15, 0.2) is 18.2 Å². The lowest BCUT2D eigenvalue weighted by Crippen LogP contribution is -2.22. The molecule has 3 nitrogen and oxygen atoms in total. The van der Waals surface area contributed by atoms with Crippen LogP contribution < -0.4 is 15.2 Å². The van der Waals surface area contributed by atoms with Gasteiger partial charge in [-0.25, -0.2) is 0 Å². The Morgan fingerprint density at radius 3 is 2.70 bits per heavy atom. The van der Waals surface area contributed by atoms with E-state index >= 15 is 0 Å². The molecule has 1 aromatic rings. The van der Waals surface area contributed by atoms with Crippen LogP contribution in [0.5, 0.6) is 11.5 Å². The number of benzene rings is 1. The summed E-state index contributed by atoms with van der Waals surface area (Å²) in [7, 11) is 0. The SMILES string of the molecule is CCOc1cccc(CC(N)CC)c1OCCCSC. The highest BCUT2D eigenvalue weighted by atomic mass is 32.2. The molecule has 20 heavy (non-hydrogen) atoms. The highest BCUT2D eigenvalue weighted by Crippen LogP contribution is 2.32. The van der Waals surface area contributed by atoms with Crippen LogP contribution >= 0.6 is 11.8 Å². The Morgan fingerprint density at radius 1 is 1.25 bits per heavy atom. The molecule has 0 fully saturated rings. The third kappa shape index (κ3) is 5.63. The van der Waals surface area contributed by atoms with Gasteiger partial charge in [-0.3, -0.25) is 0 Å². The predicted molar refractivity (Wildman–Crippen MR) is 88.1 cm³/mol. The molecule has 0 bridgehead atoms. The van der Waals surface area contributed by atoms with Gasteiger partial charge < -0.3 is 15.2 Å². The van der Waals surface area contributed by atoms with E-state index in [9.17, 15) is 0 Å². The Hall–Kier alpha value is -0.870. The van der Waals surface area contributed by atoms with Crippen LogP contribution in [0, 0.1) is 0 Å². The van der Waals surface area contributed by atoms with E-state index in [1.165, 1.54) is 0 Å². The van der Waals surface area contributed by atoms with Crippen LogP contribution in [-0.4, -0.2) is 31.3 Å². The summed E-state index contributed by atoms with van der Waals surface area (Å²) in [5, 5.41) is 0. The molecule has 2 N–H and O–H groups in total. The standard InChI is InChI=1S/C16H27NO2S/c1-4-14(17)12-13-8-6-9-15(18-5-2)16(13)19-10-7-11-20-3/h6,8-9,14H,4-5,7,10-12,17H2,1-3H3. The van der Waals surface area contributed by atoms with Gasteiger partial charge in [0.2, 0.25) is 0 Å². The quantitative estimate of drug-likeness (QED) is 0.671. The highest BCUT2D eigenvalue weighted by Gasteiger charge is 2.13. The molecule has 1 atom stereocenters. The normalized spacial score (nSPS) is 12.2. The molecule has 0 radical (unpaired) electrons. The number of rotatable bonds is 10. The summed E-state index contributed by atoms with van der Waals surface area (Å²) >= 11 is 1.84. The molecule has 0 aliphatic heterocycles. The first kappa shape index (κ1) is 17.2. The van der Waals surface area contributed by atoms with Crippen LogP contribution in [0.25, 0.3) is 0 Å². The zero-order valence-corrected chi connectivity index (χ0v) is 13.7. The van der Waals surface area contributed by atoms with Gasteiger partial charge in [0.05, 0.1) is 13.2 Å². The van der Waals surface area contributed by atoms with Gasteiger partial charge in [0.25, 0.3) is 0 Å². The van der Waals surface area contributed by atoms with Crippen molar-refractivity contribution in [3.63, 3.8) is 0 Å². The summed E-state index contributed by atoms with van der Waals surface area (Å²) in [6.45, 7) is 5.46. The maximum Gasteiger partial charge on any atom is 0.164 e. The van der Waals surface area contributed by atoms with Crippen molar-refractivity contribution < 1.29 is 9.47 Å². The molecule has 0 amide bonds. The highest BCUT2D eigenvalue weighted by molar-refractivity contribution is 7.98. The van der Waals surface area contributed by atoms with Gasteiger partial charge in [0.15, 0.2) is 11.5 Å². The number of thioether (sulfide) groups is 1. The van der Waals surface area contributed by atoms with Gasteiger partial charge in [-0.1, -0.05) is 19.1 Å². The van der Waals surface area contributed by atoms with E-state index in [0.29, 0.717) is 6.61 Å².